The third-order valence-corrected chi connectivity index (χ3v) is 1.83. The van der Waals surface area contributed by atoms with Gasteiger partial charge < -0.3 is 9.84 Å². The summed E-state index contributed by atoms with van der Waals surface area (Å²) in [6.45, 7) is -0.303. The summed E-state index contributed by atoms with van der Waals surface area (Å²) in [5.41, 5.74) is 0.889. The number of aliphatic hydroxyl groups excluding tert-OH is 1. The Morgan fingerprint density at radius 2 is 2.12 bits per heavy atom. The molecule has 0 fully saturated rings. The number of hydrogen-bond donors (Lipinski definition) is 1. The fraction of sp³-hybridized carbons (Fsp3) is 0.154. The van der Waals surface area contributed by atoms with E-state index < -0.39 is 0 Å². The summed E-state index contributed by atoms with van der Waals surface area (Å²) in [5, 5.41) is 8.39. The van der Waals surface area contributed by atoms with Gasteiger partial charge in [-0.05, 0) is 29.7 Å². The number of hydrogen-bond acceptors (Lipinski definition) is 3. The first-order valence-corrected chi connectivity index (χ1v) is 4.72. The predicted molar refractivity (Wildman–Crippen MR) is 61.9 cm³/mol. The molecule has 0 bridgehead atoms. The summed E-state index contributed by atoms with van der Waals surface area (Å²) in [7, 11) is 1.60. The van der Waals surface area contributed by atoms with Gasteiger partial charge in [-0.2, -0.15) is 0 Å². The quantitative estimate of drug-likeness (QED) is 0.470. The number of carbonyl (C=O) groups excluding carboxylic acids is 1. The molecule has 1 rings (SSSR count). The van der Waals surface area contributed by atoms with Crippen molar-refractivity contribution in [3.63, 3.8) is 0 Å². The minimum absolute atomic E-state index is 0.303. The lowest BCUT2D eigenvalue weighted by Crippen LogP contribution is -1.87. The molecular formula is C13H12O3. The van der Waals surface area contributed by atoms with Crippen molar-refractivity contribution in [3.05, 3.63) is 35.9 Å². The van der Waals surface area contributed by atoms with E-state index in [0.717, 1.165) is 11.3 Å². The highest BCUT2D eigenvalue weighted by Gasteiger charge is 1.91. The fourth-order valence-corrected chi connectivity index (χ4v) is 1.06. The lowest BCUT2D eigenvalue weighted by Gasteiger charge is -1.98. The van der Waals surface area contributed by atoms with Gasteiger partial charge in [0.05, 0.1) is 7.11 Å². The predicted octanol–water partition coefficient (Wildman–Crippen LogP) is 1.27. The van der Waals surface area contributed by atoms with Crippen LogP contribution < -0.4 is 4.74 Å². The van der Waals surface area contributed by atoms with Crippen molar-refractivity contribution in [2.75, 3.05) is 13.7 Å². The molecule has 1 aromatic carbocycles. The van der Waals surface area contributed by atoms with Crippen LogP contribution in [-0.4, -0.2) is 24.6 Å². The van der Waals surface area contributed by atoms with Gasteiger partial charge in [0, 0.05) is 0 Å². The molecule has 3 nitrogen and oxygen atoms in total. The Balaban J connectivity index is 2.65. The van der Waals surface area contributed by atoms with Crippen molar-refractivity contribution < 1.29 is 14.6 Å². The molecule has 1 N–H and O–H groups in total. The molecule has 16 heavy (non-hydrogen) atoms. The molecule has 0 unspecified atom stereocenters. The highest BCUT2D eigenvalue weighted by molar-refractivity contribution is 6.06. The average molecular weight is 216 g/mol. The molecule has 0 radical (unpaired) electrons. The first-order chi connectivity index (χ1) is 7.76. The Morgan fingerprint density at radius 3 is 2.69 bits per heavy atom. The minimum atomic E-state index is -0.329. The van der Waals surface area contributed by atoms with Crippen LogP contribution in [0.4, 0.5) is 0 Å². The molecule has 0 saturated carbocycles. The monoisotopic (exact) mass is 216 g/mol. The van der Waals surface area contributed by atoms with Crippen LogP contribution in [0.25, 0.3) is 6.08 Å². The second-order valence-electron chi connectivity index (χ2n) is 2.93. The molecule has 1 aromatic rings. The number of rotatable bonds is 3. The molecule has 0 amide bonds. The molecule has 0 atom stereocenters. The SMILES string of the molecule is COc1ccc(C=CC(=O)C#CCO)cc1. The van der Waals surface area contributed by atoms with Crippen molar-refractivity contribution in [2.45, 2.75) is 0 Å². The van der Waals surface area contributed by atoms with Crippen molar-refractivity contribution in [3.8, 4) is 17.6 Å². The van der Waals surface area contributed by atoms with Crippen molar-refractivity contribution in [2.24, 2.45) is 0 Å². The Hall–Kier alpha value is -2.05. The normalized spacial score (nSPS) is 9.62. The van der Waals surface area contributed by atoms with Crippen LogP contribution in [0.15, 0.2) is 30.3 Å². The summed E-state index contributed by atoms with van der Waals surface area (Å²) < 4.78 is 5.01. The maximum absolute atomic E-state index is 11.1. The van der Waals surface area contributed by atoms with E-state index in [9.17, 15) is 4.79 Å². The summed E-state index contributed by atoms with van der Waals surface area (Å²) >= 11 is 0. The van der Waals surface area contributed by atoms with Gasteiger partial charge in [0.15, 0.2) is 0 Å². The highest BCUT2D eigenvalue weighted by Crippen LogP contribution is 2.12. The second kappa shape index (κ2) is 6.44. The number of aliphatic hydroxyl groups is 1. The number of allylic oxidation sites excluding steroid dienone is 1. The Kier molecular flexibility index (Phi) is 4.84. The Bertz CT molecular complexity index is 432. The van der Waals surface area contributed by atoms with Gasteiger partial charge in [-0.3, -0.25) is 4.79 Å². The third kappa shape index (κ3) is 3.99. The van der Waals surface area contributed by atoms with E-state index in [1.165, 1.54) is 6.08 Å². The van der Waals surface area contributed by atoms with Crippen LogP contribution in [0.2, 0.25) is 0 Å². The topological polar surface area (TPSA) is 46.5 Å². The van der Waals surface area contributed by atoms with E-state index in [2.05, 4.69) is 11.8 Å². The minimum Gasteiger partial charge on any atom is -0.497 e. The van der Waals surface area contributed by atoms with E-state index in [0.29, 0.717) is 0 Å². The van der Waals surface area contributed by atoms with Crippen LogP contribution in [-0.2, 0) is 4.79 Å². The molecule has 0 aliphatic rings. The van der Waals surface area contributed by atoms with Crippen molar-refractivity contribution >= 4 is 11.9 Å². The zero-order valence-electron chi connectivity index (χ0n) is 8.93. The molecule has 3 heteroatoms. The molecule has 0 aliphatic carbocycles. The number of ether oxygens (including phenoxy) is 1. The van der Waals surface area contributed by atoms with Crippen LogP contribution in [0, 0.1) is 11.8 Å². The molecule has 0 aromatic heterocycles. The number of benzene rings is 1. The highest BCUT2D eigenvalue weighted by atomic mass is 16.5. The van der Waals surface area contributed by atoms with E-state index in [1.54, 1.807) is 13.2 Å². The summed E-state index contributed by atoms with van der Waals surface area (Å²) in [5.74, 6) is 5.00. The Morgan fingerprint density at radius 1 is 1.44 bits per heavy atom. The van der Waals surface area contributed by atoms with Gasteiger partial charge in [0.25, 0.3) is 0 Å². The van der Waals surface area contributed by atoms with E-state index in [1.807, 2.05) is 24.3 Å². The van der Waals surface area contributed by atoms with Crippen molar-refractivity contribution in [1.29, 1.82) is 0 Å². The van der Waals surface area contributed by atoms with Gasteiger partial charge in [0.2, 0.25) is 5.78 Å². The third-order valence-electron chi connectivity index (χ3n) is 1.83. The number of carbonyl (C=O) groups is 1. The molecule has 82 valence electrons. The number of methoxy groups -OCH3 is 1. The fourth-order valence-electron chi connectivity index (χ4n) is 1.06. The van der Waals surface area contributed by atoms with Gasteiger partial charge in [-0.25, -0.2) is 0 Å². The van der Waals surface area contributed by atoms with Crippen LogP contribution >= 0.6 is 0 Å². The Labute approximate surface area is 94.4 Å². The lowest BCUT2D eigenvalue weighted by molar-refractivity contribution is -0.109. The maximum Gasteiger partial charge on any atom is 0.228 e. The molecule has 0 aliphatic heterocycles. The average Bonchev–Trinajstić information content (AvgIpc) is 2.34. The lowest BCUT2D eigenvalue weighted by atomic mass is 10.2. The van der Waals surface area contributed by atoms with Crippen LogP contribution in [0.1, 0.15) is 5.56 Å². The first kappa shape index (κ1) is 12.0. The van der Waals surface area contributed by atoms with Crippen LogP contribution in [0.3, 0.4) is 0 Å². The molecule has 0 heterocycles. The molecule has 0 saturated heterocycles. The molecule has 0 spiro atoms. The van der Waals surface area contributed by atoms with E-state index in [-0.39, 0.29) is 12.4 Å². The van der Waals surface area contributed by atoms with E-state index in [4.69, 9.17) is 9.84 Å². The summed E-state index contributed by atoms with van der Waals surface area (Å²) in [4.78, 5) is 11.1. The molecular weight excluding hydrogens is 204 g/mol. The van der Waals surface area contributed by atoms with Crippen molar-refractivity contribution in [1.82, 2.24) is 0 Å². The smallest absolute Gasteiger partial charge is 0.228 e. The van der Waals surface area contributed by atoms with E-state index >= 15 is 0 Å². The van der Waals surface area contributed by atoms with Crippen LogP contribution in [0.5, 0.6) is 5.75 Å². The summed E-state index contributed by atoms with van der Waals surface area (Å²) in [6.07, 6.45) is 3.03. The van der Waals surface area contributed by atoms with Gasteiger partial charge in [0.1, 0.15) is 12.4 Å². The van der Waals surface area contributed by atoms with Gasteiger partial charge >= 0.3 is 0 Å². The zero-order valence-corrected chi connectivity index (χ0v) is 8.93. The zero-order chi connectivity index (χ0) is 11.8. The van der Waals surface area contributed by atoms with Gasteiger partial charge in [-0.1, -0.05) is 24.1 Å². The standard InChI is InChI=1S/C13H12O3/c1-16-13-8-5-11(6-9-13)4-7-12(15)3-2-10-14/h4-9,14H,10H2,1H3. The largest absolute Gasteiger partial charge is 0.497 e. The number of ketones is 1. The van der Waals surface area contributed by atoms with Gasteiger partial charge in [-0.15, -0.1) is 0 Å². The maximum atomic E-state index is 11.1. The summed E-state index contributed by atoms with van der Waals surface area (Å²) in [6, 6.07) is 7.29. The first-order valence-electron chi connectivity index (χ1n) is 4.72. The second-order valence-corrected chi connectivity index (χ2v) is 2.93.